The Morgan fingerprint density at radius 2 is 1.09 bits per heavy atom. The monoisotopic (exact) mass is 298 g/mol. The van der Waals surface area contributed by atoms with Crippen LogP contribution >= 0.6 is 67.3 Å². The van der Waals surface area contributed by atoms with Gasteiger partial charge in [-0.1, -0.05) is 6.92 Å². The number of hydrogen-bond acceptors (Lipinski definition) is 2. The van der Waals surface area contributed by atoms with Crippen LogP contribution < -0.4 is 0 Å². The Hall–Kier alpha value is 1.91. The van der Waals surface area contributed by atoms with Crippen molar-refractivity contribution in [1.82, 2.24) is 0 Å². The molecule has 0 aromatic rings. The quantitative estimate of drug-likeness (QED) is 0.600. The van der Waals surface area contributed by atoms with Gasteiger partial charge in [-0.05, 0) is 56.2 Å². The maximum absolute atomic E-state index is 10.1. The normalized spacial score (nSPS) is 11.8. The van der Waals surface area contributed by atoms with E-state index in [1.807, 2.05) is 0 Å². The van der Waals surface area contributed by atoms with Gasteiger partial charge in [0.15, 0.2) is 0 Å². The molecule has 11 heavy (non-hydrogen) atoms. The van der Waals surface area contributed by atoms with E-state index in [-0.39, 0.29) is 0 Å². The summed E-state index contributed by atoms with van der Waals surface area (Å²) in [5.74, 6) is -2.70. The number of halogens is 5. The van der Waals surface area contributed by atoms with Crippen molar-refractivity contribution in [3.8, 4) is 0 Å². The van der Waals surface area contributed by atoms with Crippen LogP contribution in [-0.2, 0) is 9.13 Å². The molecule has 0 spiro atoms. The second kappa shape index (κ2) is 6.38. The van der Waals surface area contributed by atoms with Crippen molar-refractivity contribution in [2.45, 2.75) is 6.92 Å². The molecule has 0 aromatic heterocycles. The number of hydrogen-bond donors (Lipinski definition) is 0. The molecule has 0 N–H and O–H groups in total. The topological polar surface area (TPSA) is 34.1 Å². The van der Waals surface area contributed by atoms with Crippen LogP contribution in [0, 0.1) is 0 Å². The molecular formula is C2H5Cl5O2P2. The molecule has 0 aromatic carbocycles. The SMILES string of the molecule is CCP(=O)(Cl)Cl.O=P(Cl)(Cl)Cl. The highest BCUT2D eigenvalue weighted by Gasteiger charge is 2.06. The molecule has 70 valence electrons. The third-order valence-electron chi connectivity index (χ3n) is 0.368. The molecule has 9 heteroatoms. The Kier molecular flexibility index (Phi) is 8.92. The fourth-order valence-electron chi connectivity index (χ4n) is 0. The number of rotatable bonds is 1. The van der Waals surface area contributed by atoms with Crippen LogP contribution in [0.5, 0.6) is 0 Å². The van der Waals surface area contributed by atoms with E-state index in [0.29, 0.717) is 6.16 Å². The summed E-state index contributed by atoms with van der Waals surface area (Å²) in [6.07, 6.45) is 0.357. The molecule has 0 rings (SSSR count). The fraction of sp³-hybridized carbons (Fsp3) is 1.00. The van der Waals surface area contributed by atoms with Crippen molar-refractivity contribution in [3.05, 3.63) is 0 Å². The first-order valence-electron chi connectivity index (χ1n) is 2.23. The minimum atomic E-state index is -3.22. The summed E-state index contributed by atoms with van der Waals surface area (Å²) in [7, 11) is 0. The second-order valence-electron chi connectivity index (χ2n) is 1.28. The zero-order valence-electron chi connectivity index (χ0n) is 5.31. The molecule has 0 fully saturated rings. The Labute approximate surface area is 89.2 Å². The summed E-state index contributed by atoms with van der Waals surface area (Å²) >= 11 is 23.9. The van der Waals surface area contributed by atoms with Crippen LogP contribution in [-0.4, -0.2) is 6.16 Å². The van der Waals surface area contributed by atoms with E-state index >= 15 is 0 Å². The summed E-state index contributed by atoms with van der Waals surface area (Å²) in [5.41, 5.74) is 0. The summed E-state index contributed by atoms with van der Waals surface area (Å²) in [5, 5.41) is -3.22. The van der Waals surface area contributed by atoms with Crippen molar-refractivity contribution in [2.75, 3.05) is 6.16 Å². The Morgan fingerprint density at radius 1 is 1.00 bits per heavy atom. The van der Waals surface area contributed by atoms with E-state index in [4.69, 9.17) is 22.5 Å². The van der Waals surface area contributed by atoms with Crippen LogP contribution in [0.4, 0.5) is 0 Å². The average molecular weight is 300 g/mol. The molecule has 0 saturated heterocycles. The lowest BCUT2D eigenvalue weighted by molar-refractivity contribution is 0.593. The van der Waals surface area contributed by atoms with Crippen molar-refractivity contribution in [3.63, 3.8) is 0 Å². The van der Waals surface area contributed by atoms with Gasteiger partial charge in [-0.3, -0.25) is 9.13 Å². The predicted molar refractivity (Wildman–Crippen MR) is 55.0 cm³/mol. The summed E-state index contributed by atoms with van der Waals surface area (Å²) in [6, 6.07) is 0. The summed E-state index contributed by atoms with van der Waals surface area (Å²) < 4.78 is 19.6. The van der Waals surface area contributed by atoms with E-state index < -0.39 is 11.0 Å². The standard InChI is InChI=1S/C2H5Cl2OP.Cl3OP/c1-2-6(3,4)5;1-5(2,3)4/h2H2,1H3;. The maximum atomic E-state index is 10.1. The van der Waals surface area contributed by atoms with Crippen molar-refractivity contribution < 1.29 is 9.13 Å². The lowest BCUT2D eigenvalue weighted by Gasteiger charge is -1.88. The van der Waals surface area contributed by atoms with Gasteiger partial charge in [-0.2, -0.15) is 0 Å². The van der Waals surface area contributed by atoms with Crippen LogP contribution in [0.1, 0.15) is 6.92 Å². The van der Waals surface area contributed by atoms with Gasteiger partial charge in [-0.15, -0.1) is 0 Å². The largest absolute Gasteiger partial charge is 0.339 e. The van der Waals surface area contributed by atoms with Crippen LogP contribution in [0.25, 0.3) is 0 Å². The van der Waals surface area contributed by atoms with E-state index in [1.165, 1.54) is 0 Å². The molecule has 0 aliphatic rings. The van der Waals surface area contributed by atoms with Crippen LogP contribution in [0.3, 0.4) is 0 Å². The molecule has 0 bridgehead atoms. The van der Waals surface area contributed by atoms with Gasteiger partial charge >= 0.3 is 5.20 Å². The van der Waals surface area contributed by atoms with E-state index in [2.05, 4.69) is 33.7 Å². The minimum absolute atomic E-state index is 0.357. The van der Waals surface area contributed by atoms with Crippen molar-refractivity contribution in [2.24, 2.45) is 0 Å². The van der Waals surface area contributed by atoms with Gasteiger partial charge in [0, 0.05) is 6.16 Å². The molecule has 0 heterocycles. The lowest BCUT2D eigenvalue weighted by Crippen LogP contribution is -1.59. The van der Waals surface area contributed by atoms with Gasteiger partial charge in [0.1, 0.15) is 0 Å². The van der Waals surface area contributed by atoms with E-state index in [0.717, 1.165) is 0 Å². The zero-order valence-corrected chi connectivity index (χ0v) is 10.9. The van der Waals surface area contributed by atoms with Gasteiger partial charge in [0.2, 0.25) is 0 Å². The van der Waals surface area contributed by atoms with E-state index in [9.17, 15) is 9.13 Å². The highest BCUT2D eigenvalue weighted by atomic mass is 36.0. The fourth-order valence-corrected chi connectivity index (χ4v) is 0. The van der Waals surface area contributed by atoms with Gasteiger partial charge in [0.05, 0.1) is 0 Å². The highest BCUT2D eigenvalue weighted by molar-refractivity contribution is 8.24. The maximum Gasteiger partial charge on any atom is 0.339 e. The van der Waals surface area contributed by atoms with Crippen molar-refractivity contribution >= 4 is 67.3 Å². The van der Waals surface area contributed by atoms with E-state index in [1.54, 1.807) is 6.92 Å². The molecule has 0 unspecified atom stereocenters. The molecule has 0 amide bonds. The smallest absolute Gasteiger partial charge is 0.289 e. The predicted octanol–water partition coefficient (Wildman–Crippen LogP) is 5.49. The first-order chi connectivity index (χ1) is 4.56. The van der Waals surface area contributed by atoms with Gasteiger partial charge in [0.25, 0.3) is 5.85 Å². The molecule has 0 atom stereocenters. The first kappa shape index (κ1) is 15.4. The molecular weight excluding hydrogens is 295 g/mol. The minimum Gasteiger partial charge on any atom is -0.289 e. The van der Waals surface area contributed by atoms with Crippen molar-refractivity contribution in [1.29, 1.82) is 0 Å². The molecule has 2 nitrogen and oxygen atoms in total. The van der Waals surface area contributed by atoms with Crippen LogP contribution in [0.2, 0.25) is 0 Å². The molecule has 0 radical (unpaired) electrons. The Balaban J connectivity index is 0. The van der Waals surface area contributed by atoms with Gasteiger partial charge in [-0.25, -0.2) is 0 Å². The molecule has 0 aliphatic carbocycles. The third kappa shape index (κ3) is 48.5. The Morgan fingerprint density at radius 3 is 1.09 bits per heavy atom. The average Bonchev–Trinajstić information content (AvgIpc) is 1.59. The molecule has 0 aliphatic heterocycles. The highest BCUT2D eigenvalue weighted by Crippen LogP contribution is 2.61. The third-order valence-corrected chi connectivity index (χ3v) is 2.54. The lowest BCUT2D eigenvalue weighted by atomic mass is 11.0. The van der Waals surface area contributed by atoms with Gasteiger partial charge < -0.3 is 0 Å². The molecule has 0 saturated carbocycles. The first-order valence-corrected chi connectivity index (χ1v) is 10.4. The Bertz CT molecular complexity index is 173. The zero-order chi connectivity index (χ0) is 9.71. The summed E-state index contributed by atoms with van der Waals surface area (Å²) in [6.45, 7) is 1.68. The van der Waals surface area contributed by atoms with Crippen LogP contribution in [0.15, 0.2) is 0 Å². The summed E-state index contributed by atoms with van der Waals surface area (Å²) in [4.78, 5) is 0. The second-order valence-corrected chi connectivity index (χ2v) is 13.5.